The molecule has 2 aromatic rings. The van der Waals surface area contributed by atoms with E-state index in [1.807, 2.05) is 48.3 Å². The van der Waals surface area contributed by atoms with Crippen LogP contribution in [0.15, 0.2) is 53.0 Å². The van der Waals surface area contributed by atoms with E-state index >= 15 is 0 Å². The second kappa shape index (κ2) is 7.53. The average Bonchev–Trinajstić information content (AvgIpc) is 2.47. The number of Topliss-reactive ketones (excluding diaryl/α,β-unsaturated/α-hetero) is 1. The zero-order valence-electron chi connectivity index (χ0n) is 12.5. The van der Waals surface area contributed by atoms with Crippen LogP contribution in [0.2, 0.25) is 0 Å². The highest BCUT2D eigenvalue weighted by atomic mass is 79.9. The minimum absolute atomic E-state index is 0.162. The summed E-state index contributed by atoms with van der Waals surface area (Å²) in [5.74, 6) is 0.162. The molecule has 0 radical (unpaired) electrons. The number of nitrogens with zero attached hydrogens (tertiary/aromatic N) is 1. The van der Waals surface area contributed by atoms with Gasteiger partial charge in [0.05, 0.1) is 6.54 Å². The predicted octanol–water partition coefficient (Wildman–Crippen LogP) is 4.33. The van der Waals surface area contributed by atoms with Crippen LogP contribution in [0, 0.1) is 0 Å². The Hall–Kier alpha value is -1.45. The molecule has 0 aromatic heterocycles. The van der Waals surface area contributed by atoms with E-state index in [1.165, 1.54) is 11.1 Å². The number of aryl methyl sites for hydroxylation is 1. The molecular weight excluding hydrogens is 326 g/mol. The molecule has 2 aromatic carbocycles. The van der Waals surface area contributed by atoms with Gasteiger partial charge in [0, 0.05) is 16.6 Å². The van der Waals surface area contributed by atoms with E-state index in [4.69, 9.17) is 0 Å². The van der Waals surface area contributed by atoms with Gasteiger partial charge >= 0.3 is 0 Å². The summed E-state index contributed by atoms with van der Waals surface area (Å²) in [6.45, 7) is 3.30. The van der Waals surface area contributed by atoms with E-state index in [-0.39, 0.29) is 5.78 Å². The zero-order chi connectivity index (χ0) is 15.2. The number of halogens is 1. The average molecular weight is 346 g/mol. The Morgan fingerprint density at radius 1 is 1.10 bits per heavy atom. The molecule has 0 saturated heterocycles. The summed E-state index contributed by atoms with van der Waals surface area (Å²) < 4.78 is 1.06. The van der Waals surface area contributed by atoms with Crippen LogP contribution in [-0.4, -0.2) is 24.3 Å². The largest absolute Gasteiger partial charge is 0.295 e. The van der Waals surface area contributed by atoms with Crippen molar-refractivity contribution in [3.8, 4) is 0 Å². The Balaban J connectivity index is 1.95. The summed E-state index contributed by atoms with van der Waals surface area (Å²) in [7, 11) is 1.97. The van der Waals surface area contributed by atoms with Gasteiger partial charge in [-0.2, -0.15) is 0 Å². The fourth-order valence-electron chi connectivity index (χ4n) is 2.27. The van der Waals surface area contributed by atoms with Crippen LogP contribution < -0.4 is 0 Å². The van der Waals surface area contributed by atoms with Gasteiger partial charge in [0.2, 0.25) is 0 Å². The summed E-state index contributed by atoms with van der Waals surface area (Å²) >= 11 is 3.47. The van der Waals surface area contributed by atoms with Crippen LogP contribution in [0.3, 0.4) is 0 Å². The monoisotopic (exact) mass is 345 g/mol. The van der Waals surface area contributed by atoms with Gasteiger partial charge in [0.15, 0.2) is 5.78 Å². The summed E-state index contributed by atoms with van der Waals surface area (Å²) in [6, 6.07) is 16.1. The molecule has 0 aliphatic heterocycles. The summed E-state index contributed by atoms with van der Waals surface area (Å²) in [5, 5.41) is 0. The van der Waals surface area contributed by atoms with Crippen LogP contribution in [0.25, 0.3) is 0 Å². The van der Waals surface area contributed by atoms with E-state index in [0.29, 0.717) is 6.54 Å². The van der Waals surface area contributed by atoms with Gasteiger partial charge < -0.3 is 0 Å². The van der Waals surface area contributed by atoms with Crippen LogP contribution in [0.1, 0.15) is 28.4 Å². The summed E-state index contributed by atoms with van der Waals surface area (Å²) in [5.41, 5.74) is 3.24. The smallest absolute Gasteiger partial charge is 0.176 e. The molecule has 0 fully saturated rings. The Labute approximate surface area is 134 Å². The summed E-state index contributed by atoms with van der Waals surface area (Å²) in [4.78, 5) is 14.3. The molecule has 0 aliphatic carbocycles. The van der Waals surface area contributed by atoms with Gasteiger partial charge in [0.25, 0.3) is 0 Å². The number of rotatable bonds is 6. The SMILES string of the molecule is CCc1ccc(C(=O)CN(C)Cc2cccc(Br)c2)cc1. The first kappa shape index (κ1) is 15.9. The molecule has 0 amide bonds. The fourth-order valence-corrected chi connectivity index (χ4v) is 2.71. The van der Waals surface area contributed by atoms with E-state index in [9.17, 15) is 4.79 Å². The topological polar surface area (TPSA) is 20.3 Å². The van der Waals surface area contributed by atoms with Crippen molar-refractivity contribution >= 4 is 21.7 Å². The van der Waals surface area contributed by atoms with Gasteiger partial charge in [0.1, 0.15) is 0 Å². The molecule has 0 unspecified atom stereocenters. The Kier molecular flexibility index (Phi) is 5.71. The standard InChI is InChI=1S/C18H20BrNO/c1-3-14-7-9-16(10-8-14)18(21)13-20(2)12-15-5-4-6-17(19)11-15/h4-11H,3,12-13H2,1-2H3. The second-order valence-corrected chi connectivity index (χ2v) is 6.19. The van der Waals surface area contributed by atoms with E-state index in [0.717, 1.165) is 23.0 Å². The number of carbonyl (C=O) groups is 1. The van der Waals surface area contributed by atoms with Crippen LogP contribution in [0.5, 0.6) is 0 Å². The van der Waals surface area contributed by atoms with Gasteiger partial charge in [-0.3, -0.25) is 9.69 Å². The first-order valence-corrected chi connectivity index (χ1v) is 7.93. The molecule has 0 N–H and O–H groups in total. The van der Waals surface area contributed by atoms with Crippen molar-refractivity contribution in [3.63, 3.8) is 0 Å². The maximum Gasteiger partial charge on any atom is 0.176 e. The highest BCUT2D eigenvalue weighted by molar-refractivity contribution is 9.10. The second-order valence-electron chi connectivity index (χ2n) is 5.28. The highest BCUT2D eigenvalue weighted by Gasteiger charge is 2.10. The molecule has 0 aliphatic rings. The lowest BCUT2D eigenvalue weighted by atomic mass is 10.1. The molecule has 0 heterocycles. The molecule has 21 heavy (non-hydrogen) atoms. The zero-order valence-corrected chi connectivity index (χ0v) is 14.1. The van der Waals surface area contributed by atoms with Gasteiger partial charge in [-0.05, 0) is 36.7 Å². The summed E-state index contributed by atoms with van der Waals surface area (Å²) in [6.07, 6.45) is 0.997. The third kappa shape index (κ3) is 4.80. The molecule has 0 saturated carbocycles. The molecule has 0 atom stereocenters. The number of carbonyl (C=O) groups excluding carboxylic acids is 1. The van der Waals surface area contributed by atoms with Crippen molar-refractivity contribution in [2.45, 2.75) is 19.9 Å². The minimum atomic E-state index is 0.162. The van der Waals surface area contributed by atoms with Gasteiger partial charge in [-0.15, -0.1) is 0 Å². The van der Waals surface area contributed by atoms with Gasteiger partial charge in [-0.25, -0.2) is 0 Å². The van der Waals surface area contributed by atoms with Crippen molar-refractivity contribution in [3.05, 3.63) is 69.7 Å². The van der Waals surface area contributed by atoms with Crippen LogP contribution >= 0.6 is 15.9 Å². The van der Waals surface area contributed by atoms with Crippen molar-refractivity contribution in [1.29, 1.82) is 0 Å². The Bertz CT molecular complexity index is 607. The van der Waals surface area contributed by atoms with E-state index in [1.54, 1.807) is 0 Å². The number of likely N-dealkylation sites (N-methyl/N-ethyl adjacent to an activating group) is 1. The lowest BCUT2D eigenvalue weighted by Crippen LogP contribution is -2.25. The van der Waals surface area contributed by atoms with Crippen LogP contribution in [0.4, 0.5) is 0 Å². The maximum atomic E-state index is 12.3. The number of hydrogen-bond donors (Lipinski definition) is 0. The lowest BCUT2D eigenvalue weighted by molar-refractivity contribution is 0.0943. The first-order valence-electron chi connectivity index (χ1n) is 7.13. The van der Waals surface area contributed by atoms with E-state index in [2.05, 4.69) is 35.0 Å². The minimum Gasteiger partial charge on any atom is -0.295 e. The fraction of sp³-hybridized carbons (Fsp3) is 0.278. The first-order chi connectivity index (χ1) is 10.1. The van der Waals surface area contributed by atoms with Crippen molar-refractivity contribution in [1.82, 2.24) is 4.90 Å². The number of hydrogen-bond acceptors (Lipinski definition) is 2. The highest BCUT2D eigenvalue weighted by Crippen LogP contribution is 2.13. The third-order valence-corrected chi connectivity index (χ3v) is 3.93. The molecule has 0 spiro atoms. The maximum absolute atomic E-state index is 12.3. The number of ketones is 1. The molecule has 2 rings (SSSR count). The number of benzene rings is 2. The van der Waals surface area contributed by atoms with Crippen molar-refractivity contribution < 1.29 is 4.79 Å². The lowest BCUT2D eigenvalue weighted by Gasteiger charge is -2.16. The molecule has 3 heteroatoms. The third-order valence-electron chi connectivity index (χ3n) is 3.44. The quantitative estimate of drug-likeness (QED) is 0.726. The van der Waals surface area contributed by atoms with E-state index < -0.39 is 0 Å². The Morgan fingerprint density at radius 2 is 1.81 bits per heavy atom. The molecular formula is C18H20BrNO. The van der Waals surface area contributed by atoms with Gasteiger partial charge in [-0.1, -0.05) is 59.3 Å². The van der Waals surface area contributed by atoms with Crippen molar-refractivity contribution in [2.75, 3.05) is 13.6 Å². The predicted molar refractivity (Wildman–Crippen MR) is 90.6 cm³/mol. The molecule has 110 valence electrons. The van der Waals surface area contributed by atoms with Crippen molar-refractivity contribution in [2.24, 2.45) is 0 Å². The normalized spacial score (nSPS) is 10.9. The molecule has 2 nitrogen and oxygen atoms in total. The molecule has 0 bridgehead atoms. The van der Waals surface area contributed by atoms with Crippen LogP contribution in [-0.2, 0) is 13.0 Å². The Morgan fingerprint density at radius 3 is 2.43 bits per heavy atom.